The van der Waals surface area contributed by atoms with Crippen LogP contribution in [0.2, 0.25) is 5.02 Å². The van der Waals surface area contributed by atoms with Gasteiger partial charge < -0.3 is 14.2 Å². The van der Waals surface area contributed by atoms with Gasteiger partial charge in [-0.05, 0) is 35.7 Å². The average molecular weight is 383 g/mol. The molecular weight excluding hydrogens is 364 g/mol. The number of rotatable bonds is 6. The number of ether oxygens (including phenoxy) is 3. The number of hydrogen-bond donors (Lipinski definition) is 0. The molecule has 7 heteroatoms. The fourth-order valence-corrected chi connectivity index (χ4v) is 3.48. The Morgan fingerprint density at radius 1 is 1.12 bits per heavy atom. The molecule has 0 saturated carbocycles. The Bertz CT molecular complexity index is 658. The van der Waals surface area contributed by atoms with E-state index in [1.807, 2.05) is 17.5 Å². The Hall–Kier alpha value is -1.76. The van der Waals surface area contributed by atoms with E-state index in [-0.39, 0.29) is 0 Å². The molecule has 1 fully saturated rings. The lowest BCUT2D eigenvalue weighted by molar-refractivity contribution is -0.156. The molecule has 1 aliphatic heterocycles. The number of esters is 2. The second kappa shape index (κ2) is 9.08. The lowest BCUT2D eigenvalue weighted by atomic mass is 9.87. The van der Waals surface area contributed by atoms with Crippen molar-refractivity contribution in [3.8, 4) is 0 Å². The Kier molecular flexibility index (Phi) is 7.11. The standard InChI is InChI=1S/C18H19ClO5S/c1-4-13-15(17(20)22-2)16(18(21)23-3)14(24-13)9-10-25-12-7-5-11(19)6-8-12/h4-10,13-16H,1H2,2-3H3/b10-9+. The first-order chi connectivity index (χ1) is 12.0. The minimum absolute atomic E-state index is 0.522. The molecule has 1 heterocycles. The zero-order chi connectivity index (χ0) is 18.4. The van der Waals surface area contributed by atoms with Gasteiger partial charge in [-0.1, -0.05) is 29.4 Å². The van der Waals surface area contributed by atoms with Crippen molar-refractivity contribution in [1.82, 2.24) is 0 Å². The van der Waals surface area contributed by atoms with E-state index < -0.39 is 36.0 Å². The third kappa shape index (κ3) is 4.66. The fourth-order valence-electron chi connectivity index (χ4n) is 2.67. The Balaban J connectivity index is 2.17. The van der Waals surface area contributed by atoms with Gasteiger partial charge in [-0.15, -0.1) is 6.58 Å². The maximum atomic E-state index is 12.2. The van der Waals surface area contributed by atoms with E-state index in [0.29, 0.717) is 5.02 Å². The summed E-state index contributed by atoms with van der Waals surface area (Å²) in [4.78, 5) is 25.3. The van der Waals surface area contributed by atoms with Gasteiger partial charge in [0.05, 0.1) is 26.4 Å². The van der Waals surface area contributed by atoms with Gasteiger partial charge in [0.1, 0.15) is 11.8 Å². The summed E-state index contributed by atoms with van der Waals surface area (Å²) in [6, 6.07) is 7.35. The summed E-state index contributed by atoms with van der Waals surface area (Å²) in [6.07, 6.45) is 2.00. The number of methoxy groups -OCH3 is 2. The molecule has 1 aliphatic rings. The minimum atomic E-state index is -0.789. The number of hydrogen-bond acceptors (Lipinski definition) is 6. The van der Waals surface area contributed by atoms with E-state index in [9.17, 15) is 9.59 Å². The topological polar surface area (TPSA) is 61.8 Å². The third-order valence-corrected chi connectivity index (χ3v) is 4.96. The molecule has 134 valence electrons. The van der Waals surface area contributed by atoms with Crippen LogP contribution in [-0.4, -0.2) is 38.4 Å². The highest BCUT2D eigenvalue weighted by Crippen LogP contribution is 2.36. The van der Waals surface area contributed by atoms with Crippen LogP contribution < -0.4 is 0 Å². The van der Waals surface area contributed by atoms with E-state index in [1.54, 1.807) is 18.2 Å². The molecule has 0 aliphatic carbocycles. The van der Waals surface area contributed by atoms with Crippen LogP contribution >= 0.6 is 23.4 Å². The smallest absolute Gasteiger partial charge is 0.312 e. The van der Waals surface area contributed by atoms with Gasteiger partial charge in [0.2, 0.25) is 0 Å². The molecule has 2 rings (SSSR count). The van der Waals surface area contributed by atoms with Crippen LogP contribution in [0.1, 0.15) is 0 Å². The molecule has 4 atom stereocenters. The quantitative estimate of drug-likeness (QED) is 0.426. The Labute approximate surface area is 156 Å². The SMILES string of the molecule is C=CC1OC(/C=C/Sc2ccc(Cl)cc2)C(C(=O)OC)C1C(=O)OC. The summed E-state index contributed by atoms with van der Waals surface area (Å²) in [5.74, 6) is -2.62. The van der Waals surface area contributed by atoms with Crippen molar-refractivity contribution < 1.29 is 23.8 Å². The predicted octanol–water partition coefficient (Wildman–Crippen LogP) is 3.48. The van der Waals surface area contributed by atoms with Crippen molar-refractivity contribution >= 4 is 35.3 Å². The number of halogens is 1. The maximum Gasteiger partial charge on any atom is 0.312 e. The van der Waals surface area contributed by atoms with E-state index in [4.69, 9.17) is 25.8 Å². The molecule has 4 unspecified atom stereocenters. The molecule has 0 N–H and O–H groups in total. The molecule has 1 saturated heterocycles. The van der Waals surface area contributed by atoms with Crippen LogP contribution in [0, 0.1) is 11.8 Å². The van der Waals surface area contributed by atoms with Crippen LogP contribution in [0.15, 0.2) is 53.3 Å². The van der Waals surface area contributed by atoms with E-state index in [0.717, 1.165) is 4.90 Å². The molecule has 0 spiro atoms. The van der Waals surface area contributed by atoms with Gasteiger partial charge in [0.15, 0.2) is 0 Å². The molecule has 1 aromatic rings. The molecule has 0 aromatic heterocycles. The molecule has 25 heavy (non-hydrogen) atoms. The van der Waals surface area contributed by atoms with Crippen LogP contribution in [-0.2, 0) is 23.8 Å². The van der Waals surface area contributed by atoms with Crippen molar-refractivity contribution in [3.63, 3.8) is 0 Å². The highest BCUT2D eigenvalue weighted by atomic mass is 35.5. The molecule has 5 nitrogen and oxygen atoms in total. The van der Waals surface area contributed by atoms with Gasteiger partial charge in [-0.2, -0.15) is 0 Å². The monoisotopic (exact) mass is 382 g/mol. The number of thioether (sulfide) groups is 1. The van der Waals surface area contributed by atoms with Crippen molar-refractivity contribution in [2.45, 2.75) is 17.1 Å². The Morgan fingerprint density at radius 2 is 1.68 bits per heavy atom. The lowest BCUT2D eigenvalue weighted by Crippen LogP contribution is -2.35. The van der Waals surface area contributed by atoms with Gasteiger partial charge in [-0.3, -0.25) is 9.59 Å². The van der Waals surface area contributed by atoms with Crippen LogP contribution in [0.5, 0.6) is 0 Å². The van der Waals surface area contributed by atoms with E-state index in [1.165, 1.54) is 32.1 Å². The van der Waals surface area contributed by atoms with Gasteiger partial charge in [-0.25, -0.2) is 0 Å². The predicted molar refractivity (Wildman–Crippen MR) is 96.3 cm³/mol. The summed E-state index contributed by atoms with van der Waals surface area (Å²) in [7, 11) is 2.55. The highest BCUT2D eigenvalue weighted by Gasteiger charge is 2.51. The van der Waals surface area contributed by atoms with Gasteiger partial charge >= 0.3 is 11.9 Å². The average Bonchev–Trinajstić information content (AvgIpc) is 3.00. The lowest BCUT2D eigenvalue weighted by Gasteiger charge is -2.17. The summed E-state index contributed by atoms with van der Waals surface area (Å²) in [5.41, 5.74) is 0. The van der Waals surface area contributed by atoms with Gasteiger partial charge in [0, 0.05) is 9.92 Å². The van der Waals surface area contributed by atoms with Gasteiger partial charge in [0.25, 0.3) is 0 Å². The normalized spacial score (nSPS) is 25.7. The third-order valence-electron chi connectivity index (χ3n) is 3.87. The summed E-state index contributed by atoms with van der Waals surface area (Å²) >= 11 is 7.31. The van der Waals surface area contributed by atoms with Crippen molar-refractivity contribution in [3.05, 3.63) is 53.4 Å². The summed E-state index contributed by atoms with van der Waals surface area (Å²) in [5, 5.41) is 2.47. The van der Waals surface area contributed by atoms with E-state index >= 15 is 0 Å². The zero-order valence-corrected chi connectivity index (χ0v) is 15.5. The minimum Gasteiger partial charge on any atom is -0.469 e. The molecule has 0 radical (unpaired) electrons. The van der Waals surface area contributed by atoms with E-state index in [2.05, 4.69) is 6.58 Å². The first-order valence-electron chi connectivity index (χ1n) is 7.54. The van der Waals surface area contributed by atoms with Crippen molar-refractivity contribution in [2.24, 2.45) is 11.8 Å². The van der Waals surface area contributed by atoms with Crippen LogP contribution in [0.4, 0.5) is 0 Å². The van der Waals surface area contributed by atoms with Crippen molar-refractivity contribution in [2.75, 3.05) is 14.2 Å². The largest absolute Gasteiger partial charge is 0.469 e. The molecule has 1 aromatic carbocycles. The molecule has 0 amide bonds. The highest BCUT2D eigenvalue weighted by molar-refractivity contribution is 8.02. The summed E-state index contributed by atoms with van der Waals surface area (Å²) < 4.78 is 15.4. The molecule has 0 bridgehead atoms. The summed E-state index contributed by atoms with van der Waals surface area (Å²) in [6.45, 7) is 3.67. The van der Waals surface area contributed by atoms with Crippen LogP contribution in [0.25, 0.3) is 0 Å². The molecular formula is C18H19ClO5S. The number of benzene rings is 1. The number of carbonyl (C=O) groups is 2. The number of carbonyl (C=O) groups excluding carboxylic acids is 2. The van der Waals surface area contributed by atoms with Crippen molar-refractivity contribution in [1.29, 1.82) is 0 Å². The van der Waals surface area contributed by atoms with Crippen LogP contribution in [0.3, 0.4) is 0 Å². The maximum absolute atomic E-state index is 12.2. The first kappa shape index (κ1) is 19.6. The second-order valence-corrected chi connectivity index (χ2v) is 6.71. The second-order valence-electron chi connectivity index (χ2n) is 5.30. The fraction of sp³-hybridized carbons (Fsp3) is 0.333. The Morgan fingerprint density at radius 3 is 2.20 bits per heavy atom. The zero-order valence-electron chi connectivity index (χ0n) is 13.9. The first-order valence-corrected chi connectivity index (χ1v) is 8.80.